The number of aromatic amines is 1. The molecule has 3 rings (SSSR count). The molecule has 9 heteroatoms. The topological polar surface area (TPSA) is 116 Å². The number of hydrogen-bond acceptors (Lipinski definition) is 6. The molecular weight excluding hydrogens is 450 g/mol. The Kier molecular flexibility index (Phi) is 8.01. The van der Waals surface area contributed by atoms with Crippen LogP contribution in [0.3, 0.4) is 0 Å². The molecule has 1 saturated heterocycles. The summed E-state index contributed by atoms with van der Waals surface area (Å²) in [4.78, 5) is 44.3. The summed E-state index contributed by atoms with van der Waals surface area (Å²) in [6.45, 7) is 6.31. The molecule has 1 amide bonds. The number of likely N-dealkylation sites (tertiary alicyclic amines) is 1. The van der Waals surface area contributed by atoms with E-state index in [-0.39, 0.29) is 23.4 Å². The van der Waals surface area contributed by atoms with Crippen LogP contribution in [0.15, 0.2) is 29.8 Å². The van der Waals surface area contributed by atoms with Crippen molar-refractivity contribution in [1.82, 2.24) is 9.88 Å². The number of nitrogens with zero attached hydrogens (tertiary/aromatic N) is 1. The lowest BCUT2D eigenvalue weighted by atomic mass is 9.94. The predicted molar refractivity (Wildman–Crippen MR) is 128 cm³/mol. The van der Waals surface area contributed by atoms with Crippen molar-refractivity contribution in [2.24, 2.45) is 0 Å². The largest absolute Gasteiger partial charge is 0.872 e. The van der Waals surface area contributed by atoms with E-state index in [1.807, 2.05) is 14.1 Å². The van der Waals surface area contributed by atoms with Gasteiger partial charge in [-0.05, 0) is 49.6 Å². The zero-order valence-electron chi connectivity index (χ0n) is 21.1. The summed E-state index contributed by atoms with van der Waals surface area (Å²) in [6.07, 6.45) is 0.671. The van der Waals surface area contributed by atoms with Crippen LogP contribution in [0.2, 0.25) is 0 Å². The van der Waals surface area contributed by atoms with E-state index in [4.69, 9.17) is 9.47 Å². The third kappa shape index (κ3) is 5.09. The van der Waals surface area contributed by atoms with E-state index < -0.39 is 29.5 Å². The van der Waals surface area contributed by atoms with Crippen LogP contribution < -0.4 is 14.7 Å². The maximum atomic E-state index is 13.8. The van der Waals surface area contributed by atoms with Gasteiger partial charge in [-0.1, -0.05) is 17.9 Å². The van der Waals surface area contributed by atoms with Gasteiger partial charge in [0.05, 0.1) is 40.4 Å². The molecule has 9 nitrogen and oxygen atoms in total. The lowest BCUT2D eigenvalue weighted by Gasteiger charge is -2.28. The third-order valence-electron chi connectivity index (χ3n) is 6.18. The number of ketones is 1. The number of quaternary nitrogens is 1. The van der Waals surface area contributed by atoms with Crippen molar-refractivity contribution in [3.8, 4) is 5.75 Å². The van der Waals surface area contributed by atoms with Crippen molar-refractivity contribution in [2.75, 3.05) is 40.9 Å². The standard InChI is InChI=1S/C26H33N3O6/c1-7-35-26(33)21-15(2)19(16(3)27-21)23(30)20-22(17-9-11-18(34-6)12-10-17)29(25(32)24(20)31)14-8-13-28(4)5/h9-12,22,27,30H,7-8,13-14H2,1-6H3/b23-20+. The predicted octanol–water partition coefficient (Wildman–Crippen LogP) is 0.575. The average Bonchev–Trinajstić information content (AvgIpc) is 3.26. The molecule has 2 heterocycles. The highest BCUT2D eigenvalue weighted by Gasteiger charge is 2.44. The van der Waals surface area contributed by atoms with Crippen molar-refractivity contribution >= 4 is 23.4 Å². The number of aromatic nitrogens is 1. The first kappa shape index (κ1) is 26.0. The number of rotatable bonds is 9. The normalized spacial score (nSPS) is 17.3. The maximum Gasteiger partial charge on any atom is 0.355 e. The van der Waals surface area contributed by atoms with Crippen molar-refractivity contribution in [2.45, 2.75) is 33.2 Å². The number of carbonyl (C=O) groups excluding carboxylic acids is 3. The molecular formula is C26H33N3O6. The molecule has 0 saturated carbocycles. The third-order valence-corrected chi connectivity index (χ3v) is 6.18. The van der Waals surface area contributed by atoms with Crippen molar-refractivity contribution in [1.29, 1.82) is 0 Å². The molecule has 1 atom stereocenters. The number of hydrogen-bond donors (Lipinski definition) is 2. The van der Waals surface area contributed by atoms with E-state index in [2.05, 4.69) is 4.98 Å². The molecule has 2 N–H and O–H groups in total. The van der Waals surface area contributed by atoms with Crippen LogP contribution in [-0.4, -0.2) is 68.4 Å². The fourth-order valence-electron chi connectivity index (χ4n) is 4.47. The van der Waals surface area contributed by atoms with E-state index in [9.17, 15) is 19.5 Å². The summed E-state index contributed by atoms with van der Waals surface area (Å²) >= 11 is 0. The van der Waals surface area contributed by atoms with Gasteiger partial charge >= 0.3 is 5.97 Å². The number of ether oxygens (including phenoxy) is 2. The first-order valence-corrected chi connectivity index (χ1v) is 11.7. The van der Waals surface area contributed by atoms with Gasteiger partial charge in [0.15, 0.2) is 0 Å². The molecule has 35 heavy (non-hydrogen) atoms. The number of H-pyrrole nitrogens is 1. The van der Waals surface area contributed by atoms with Crippen molar-refractivity contribution in [3.05, 3.63) is 57.9 Å². The minimum atomic E-state index is -0.828. The summed E-state index contributed by atoms with van der Waals surface area (Å²) in [5.74, 6) is -2.03. The van der Waals surface area contributed by atoms with Gasteiger partial charge in [-0.25, -0.2) is 4.79 Å². The second kappa shape index (κ2) is 10.8. The number of nitrogens with one attached hydrogen (secondary N) is 2. The lowest BCUT2D eigenvalue weighted by Crippen LogP contribution is -3.05. The molecule has 0 spiro atoms. The van der Waals surface area contributed by atoms with Gasteiger partial charge in [0.2, 0.25) is 5.78 Å². The van der Waals surface area contributed by atoms with Gasteiger partial charge in [0.25, 0.3) is 5.91 Å². The fourth-order valence-corrected chi connectivity index (χ4v) is 4.47. The average molecular weight is 484 g/mol. The molecule has 0 bridgehead atoms. The number of esters is 1. The summed E-state index contributed by atoms with van der Waals surface area (Å²) in [7, 11) is 5.57. The number of amides is 1. The number of carbonyl (C=O) groups is 3. The Labute approximate surface area is 205 Å². The van der Waals surface area contributed by atoms with Crippen molar-refractivity contribution < 1.29 is 33.9 Å². The molecule has 0 aliphatic carbocycles. The van der Waals surface area contributed by atoms with Gasteiger partial charge in [-0.3, -0.25) is 9.59 Å². The van der Waals surface area contributed by atoms with Gasteiger partial charge in [0.1, 0.15) is 11.4 Å². The number of Topliss-reactive ketones (excluding diaryl/α,β-unsaturated/α-hetero) is 1. The SMILES string of the molecule is CCOC(=O)c1[nH]c(C)c(/C([O-])=C2\C(=O)C(=O)N(CCC[NH+](C)C)C2c2ccc(OC)cc2)c1C. The molecule has 1 aromatic heterocycles. The molecule has 1 aliphatic rings. The Balaban J connectivity index is 2.15. The molecule has 2 aromatic rings. The summed E-state index contributed by atoms with van der Waals surface area (Å²) in [5.41, 5.74) is 1.73. The molecule has 1 aromatic carbocycles. The number of methoxy groups -OCH3 is 1. The first-order chi connectivity index (χ1) is 16.6. The number of aryl methyl sites for hydroxylation is 1. The van der Waals surface area contributed by atoms with Gasteiger partial charge in [0, 0.05) is 24.2 Å². The van der Waals surface area contributed by atoms with Crippen LogP contribution in [0.1, 0.15) is 52.3 Å². The van der Waals surface area contributed by atoms with E-state index in [0.717, 1.165) is 6.54 Å². The highest BCUT2D eigenvalue weighted by Crippen LogP contribution is 2.40. The smallest absolute Gasteiger partial charge is 0.355 e. The molecule has 188 valence electrons. The van der Waals surface area contributed by atoms with Gasteiger partial charge in [-0.2, -0.15) is 0 Å². The van der Waals surface area contributed by atoms with Crippen molar-refractivity contribution in [3.63, 3.8) is 0 Å². The zero-order chi connectivity index (χ0) is 25.9. The second-order valence-corrected chi connectivity index (χ2v) is 8.90. The van der Waals surface area contributed by atoms with E-state index in [1.54, 1.807) is 52.1 Å². The van der Waals surface area contributed by atoms with Crippen LogP contribution in [0, 0.1) is 13.8 Å². The van der Waals surface area contributed by atoms with Crippen LogP contribution in [0.25, 0.3) is 5.76 Å². The lowest BCUT2D eigenvalue weighted by molar-refractivity contribution is -0.858. The highest BCUT2D eigenvalue weighted by atomic mass is 16.5. The van der Waals surface area contributed by atoms with E-state index in [1.165, 1.54) is 9.80 Å². The Morgan fingerprint density at radius 3 is 2.40 bits per heavy atom. The van der Waals surface area contributed by atoms with E-state index in [0.29, 0.717) is 35.5 Å². The molecule has 1 fully saturated rings. The van der Waals surface area contributed by atoms with Crippen LogP contribution in [-0.2, 0) is 14.3 Å². The van der Waals surface area contributed by atoms with Gasteiger partial charge < -0.3 is 29.4 Å². The summed E-state index contributed by atoms with van der Waals surface area (Å²) in [6, 6.07) is 6.16. The molecule has 0 radical (unpaired) electrons. The Morgan fingerprint density at radius 2 is 1.83 bits per heavy atom. The Morgan fingerprint density at radius 1 is 1.17 bits per heavy atom. The zero-order valence-corrected chi connectivity index (χ0v) is 21.1. The van der Waals surface area contributed by atoms with Crippen LogP contribution in [0.4, 0.5) is 0 Å². The van der Waals surface area contributed by atoms with Crippen LogP contribution in [0.5, 0.6) is 5.75 Å². The van der Waals surface area contributed by atoms with E-state index >= 15 is 0 Å². The highest BCUT2D eigenvalue weighted by molar-refractivity contribution is 6.46. The first-order valence-electron chi connectivity index (χ1n) is 11.7. The monoisotopic (exact) mass is 483 g/mol. The summed E-state index contributed by atoms with van der Waals surface area (Å²) in [5, 5.41) is 13.8. The molecule has 1 unspecified atom stereocenters. The fraction of sp³-hybridized carbons (Fsp3) is 0.423. The minimum Gasteiger partial charge on any atom is -0.872 e. The quantitative estimate of drug-likeness (QED) is 0.233. The molecule has 1 aliphatic heterocycles. The second-order valence-electron chi connectivity index (χ2n) is 8.90. The Hall–Kier alpha value is -3.59. The Bertz CT molecular complexity index is 1150. The van der Waals surface area contributed by atoms with Gasteiger partial charge in [-0.15, -0.1) is 0 Å². The minimum absolute atomic E-state index is 0.113. The van der Waals surface area contributed by atoms with Crippen LogP contribution >= 0.6 is 0 Å². The maximum absolute atomic E-state index is 13.8. The number of benzene rings is 1. The summed E-state index contributed by atoms with van der Waals surface area (Å²) < 4.78 is 10.3.